The highest BCUT2D eigenvalue weighted by molar-refractivity contribution is 6.39. The molecule has 4 amide bonds. The minimum atomic E-state index is -0.814. The highest BCUT2D eigenvalue weighted by Gasteiger charge is 2.36. The van der Waals surface area contributed by atoms with Crippen molar-refractivity contribution < 1.29 is 19.1 Å². The molecule has 0 spiro atoms. The number of ether oxygens (including phenoxy) is 1. The minimum absolute atomic E-state index is 0.165. The van der Waals surface area contributed by atoms with Crippen LogP contribution in [0.5, 0.6) is 11.5 Å². The van der Waals surface area contributed by atoms with Gasteiger partial charge < -0.3 is 4.74 Å². The van der Waals surface area contributed by atoms with Crippen LogP contribution in [0.25, 0.3) is 6.08 Å². The maximum Gasteiger partial charge on any atom is 0.335 e. The van der Waals surface area contributed by atoms with Crippen molar-refractivity contribution in [2.24, 2.45) is 0 Å². The van der Waals surface area contributed by atoms with Crippen LogP contribution in [0.1, 0.15) is 5.56 Å². The second-order valence-electron chi connectivity index (χ2n) is 6.42. The Bertz CT molecular complexity index is 1160. The molecule has 0 aromatic heterocycles. The van der Waals surface area contributed by atoms with E-state index in [4.69, 9.17) is 16.3 Å². The molecular weight excluding hydrogens is 404 g/mol. The largest absolute Gasteiger partial charge is 0.457 e. The molecule has 3 aromatic rings. The van der Waals surface area contributed by atoms with Crippen LogP contribution in [0.2, 0.25) is 5.02 Å². The van der Waals surface area contributed by atoms with Crippen LogP contribution in [0.3, 0.4) is 0 Å². The van der Waals surface area contributed by atoms with E-state index in [2.05, 4.69) is 5.32 Å². The lowest BCUT2D eigenvalue weighted by Crippen LogP contribution is -2.54. The molecule has 6 nitrogen and oxygen atoms in total. The molecule has 1 aliphatic rings. The van der Waals surface area contributed by atoms with Gasteiger partial charge in [0.15, 0.2) is 0 Å². The molecule has 0 saturated carbocycles. The number of para-hydroxylation sites is 1. The summed E-state index contributed by atoms with van der Waals surface area (Å²) < 4.78 is 5.79. The molecular formula is C23H15ClN2O4. The van der Waals surface area contributed by atoms with Crippen molar-refractivity contribution in [1.29, 1.82) is 0 Å². The van der Waals surface area contributed by atoms with E-state index in [1.165, 1.54) is 18.2 Å². The first kappa shape index (κ1) is 19.4. The number of amides is 4. The first-order valence-corrected chi connectivity index (χ1v) is 9.39. The van der Waals surface area contributed by atoms with Crippen LogP contribution in [0.4, 0.5) is 10.5 Å². The summed E-state index contributed by atoms with van der Waals surface area (Å²) in [5, 5.41) is 2.66. The van der Waals surface area contributed by atoms with E-state index in [-0.39, 0.29) is 5.57 Å². The zero-order valence-corrected chi connectivity index (χ0v) is 16.3. The first-order valence-electron chi connectivity index (χ1n) is 9.01. The molecule has 30 heavy (non-hydrogen) atoms. The van der Waals surface area contributed by atoms with Crippen molar-refractivity contribution in [3.63, 3.8) is 0 Å². The van der Waals surface area contributed by atoms with Gasteiger partial charge in [0.1, 0.15) is 17.1 Å². The number of anilines is 1. The number of nitrogens with one attached hydrogen (secondary N) is 1. The molecule has 0 radical (unpaired) electrons. The van der Waals surface area contributed by atoms with Gasteiger partial charge in [0, 0.05) is 5.02 Å². The van der Waals surface area contributed by atoms with Crippen molar-refractivity contribution in [2.45, 2.75) is 0 Å². The zero-order valence-electron chi connectivity index (χ0n) is 15.5. The number of rotatable bonds is 4. The Morgan fingerprint density at radius 3 is 2.27 bits per heavy atom. The predicted octanol–water partition coefficient (Wildman–Crippen LogP) is 4.80. The molecule has 1 N–H and O–H groups in total. The second kappa shape index (κ2) is 8.23. The Kier molecular flexibility index (Phi) is 5.32. The third kappa shape index (κ3) is 4.09. The third-order valence-corrected chi connectivity index (χ3v) is 4.59. The van der Waals surface area contributed by atoms with Gasteiger partial charge in [-0.2, -0.15) is 0 Å². The highest BCUT2D eigenvalue weighted by atomic mass is 35.5. The number of hydrogen-bond acceptors (Lipinski definition) is 4. The summed E-state index contributed by atoms with van der Waals surface area (Å²) in [5.41, 5.74) is 0.718. The quantitative estimate of drug-likeness (QED) is 0.488. The number of urea groups is 1. The molecule has 0 bridgehead atoms. The SMILES string of the molecule is O=C1NC(=O)N(c2ccc(Cl)cc2)C(=O)C1=Cc1cccc(Oc2ccccc2)c1. The van der Waals surface area contributed by atoms with Crippen molar-refractivity contribution in [2.75, 3.05) is 4.90 Å². The number of carbonyl (C=O) groups excluding carboxylic acids is 3. The summed E-state index contributed by atoms with van der Waals surface area (Å²) in [7, 11) is 0. The van der Waals surface area contributed by atoms with Crippen molar-refractivity contribution in [3.8, 4) is 11.5 Å². The summed E-state index contributed by atoms with van der Waals surface area (Å²) in [5.74, 6) is -0.275. The number of halogens is 1. The fraction of sp³-hybridized carbons (Fsp3) is 0. The van der Waals surface area contributed by atoms with Gasteiger partial charge in [0.05, 0.1) is 5.69 Å². The Morgan fingerprint density at radius 1 is 0.833 bits per heavy atom. The van der Waals surface area contributed by atoms with E-state index < -0.39 is 17.8 Å². The van der Waals surface area contributed by atoms with Crippen molar-refractivity contribution in [1.82, 2.24) is 5.32 Å². The minimum Gasteiger partial charge on any atom is -0.457 e. The molecule has 0 atom stereocenters. The second-order valence-corrected chi connectivity index (χ2v) is 6.86. The van der Waals surface area contributed by atoms with Crippen LogP contribution >= 0.6 is 11.6 Å². The Balaban J connectivity index is 1.64. The van der Waals surface area contributed by atoms with E-state index in [9.17, 15) is 14.4 Å². The molecule has 1 fully saturated rings. The average Bonchev–Trinajstić information content (AvgIpc) is 2.73. The molecule has 148 valence electrons. The summed E-state index contributed by atoms with van der Waals surface area (Å²) in [6.07, 6.45) is 1.42. The van der Waals surface area contributed by atoms with Gasteiger partial charge in [-0.25, -0.2) is 9.69 Å². The third-order valence-electron chi connectivity index (χ3n) is 4.33. The highest BCUT2D eigenvalue weighted by Crippen LogP contribution is 2.26. The molecule has 3 aromatic carbocycles. The summed E-state index contributed by atoms with van der Waals surface area (Å²) in [6, 6.07) is 21.5. The summed E-state index contributed by atoms with van der Waals surface area (Å²) >= 11 is 5.87. The number of carbonyl (C=O) groups is 3. The van der Waals surface area contributed by atoms with Gasteiger partial charge in [-0.1, -0.05) is 41.9 Å². The Labute approximate surface area is 177 Å². The van der Waals surface area contributed by atoms with Crippen LogP contribution in [0.15, 0.2) is 84.4 Å². The lowest BCUT2D eigenvalue weighted by atomic mass is 10.1. The average molecular weight is 419 g/mol. The lowest BCUT2D eigenvalue weighted by Gasteiger charge is -2.26. The maximum atomic E-state index is 12.9. The predicted molar refractivity (Wildman–Crippen MR) is 113 cm³/mol. The molecule has 4 rings (SSSR count). The summed E-state index contributed by atoms with van der Waals surface area (Å²) in [4.78, 5) is 38.4. The van der Waals surface area contributed by atoms with E-state index in [1.807, 2.05) is 30.3 Å². The van der Waals surface area contributed by atoms with Gasteiger partial charge in [-0.15, -0.1) is 0 Å². The van der Waals surface area contributed by atoms with Crippen molar-refractivity contribution in [3.05, 3.63) is 95.0 Å². The van der Waals surface area contributed by atoms with Gasteiger partial charge in [0.25, 0.3) is 11.8 Å². The van der Waals surface area contributed by atoms with Gasteiger partial charge in [-0.3, -0.25) is 14.9 Å². The van der Waals surface area contributed by atoms with E-state index in [0.29, 0.717) is 27.8 Å². The molecule has 1 saturated heterocycles. The number of benzene rings is 3. The van der Waals surface area contributed by atoms with Crippen LogP contribution in [-0.2, 0) is 9.59 Å². The maximum absolute atomic E-state index is 12.9. The van der Waals surface area contributed by atoms with Crippen LogP contribution in [0, 0.1) is 0 Å². The fourth-order valence-corrected chi connectivity index (χ4v) is 3.07. The van der Waals surface area contributed by atoms with E-state index >= 15 is 0 Å². The van der Waals surface area contributed by atoms with Gasteiger partial charge in [-0.05, 0) is 60.2 Å². The smallest absolute Gasteiger partial charge is 0.335 e. The number of nitrogens with zero attached hydrogens (tertiary/aromatic N) is 1. The summed E-state index contributed by atoms with van der Waals surface area (Å²) in [6.45, 7) is 0. The van der Waals surface area contributed by atoms with Gasteiger partial charge in [0.2, 0.25) is 0 Å². The fourth-order valence-electron chi connectivity index (χ4n) is 2.94. The first-order chi connectivity index (χ1) is 14.5. The molecule has 1 aliphatic heterocycles. The number of imide groups is 2. The topological polar surface area (TPSA) is 75.7 Å². The van der Waals surface area contributed by atoms with Crippen molar-refractivity contribution >= 4 is 41.2 Å². The van der Waals surface area contributed by atoms with E-state index in [1.54, 1.807) is 36.4 Å². The van der Waals surface area contributed by atoms with Gasteiger partial charge >= 0.3 is 6.03 Å². The lowest BCUT2D eigenvalue weighted by molar-refractivity contribution is -0.122. The number of barbiturate groups is 1. The number of hydrogen-bond donors (Lipinski definition) is 1. The molecule has 0 unspecified atom stereocenters. The van der Waals surface area contributed by atoms with Crippen LogP contribution in [-0.4, -0.2) is 17.8 Å². The molecule has 0 aliphatic carbocycles. The Hall–Kier alpha value is -3.90. The Morgan fingerprint density at radius 2 is 1.53 bits per heavy atom. The van der Waals surface area contributed by atoms with Crippen LogP contribution < -0.4 is 15.0 Å². The molecule has 1 heterocycles. The zero-order chi connectivity index (χ0) is 21.1. The normalized spacial score (nSPS) is 15.3. The molecule has 7 heteroatoms. The standard InChI is InChI=1S/C23H15ClN2O4/c24-16-9-11-17(12-10-16)26-22(28)20(21(27)25-23(26)29)14-15-5-4-8-19(13-15)30-18-6-2-1-3-7-18/h1-14H,(H,25,27,29). The monoisotopic (exact) mass is 418 g/mol. The van der Waals surface area contributed by atoms with E-state index in [0.717, 1.165) is 4.90 Å².